The van der Waals surface area contributed by atoms with Crippen molar-refractivity contribution < 1.29 is 13.2 Å². The van der Waals surface area contributed by atoms with Crippen molar-refractivity contribution >= 4 is 33.2 Å². The SMILES string of the molecule is Cc1ccc(NC(=O)C2CCCN2S(C)(=O)=O)cc1Cl. The van der Waals surface area contributed by atoms with Crippen LogP contribution in [0.1, 0.15) is 18.4 Å². The van der Waals surface area contributed by atoms with E-state index in [4.69, 9.17) is 11.6 Å². The average Bonchev–Trinajstić information content (AvgIpc) is 2.83. The molecule has 0 aliphatic carbocycles. The molecule has 1 atom stereocenters. The molecule has 0 saturated carbocycles. The van der Waals surface area contributed by atoms with Crippen LogP contribution in [0.4, 0.5) is 5.69 Å². The Bertz CT molecular complexity index is 631. The lowest BCUT2D eigenvalue weighted by molar-refractivity contribution is -0.119. The minimum absolute atomic E-state index is 0.312. The van der Waals surface area contributed by atoms with E-state index in [1.54, 1.807) is 18.2 Å². The fourth-order valence-corrected chi connectivity index (χ4v) is 3.60. The predicted octanol–water partition coefficient (Wildman–Crippen LogP) is 2.01. The number of amides is 1. The molecular formula is C13H17ClN2O3S. The van der Waals surface area contributed by atoms with Gasteiger partial charge in [-0.25, -0.2) is 8.42 Å². The molecule has 0 aromatic heterocycles. The van der Waals surface area contributed by atoms with Crippen LogP contribution in [0.5, 0.6) is 0 Å². The van der Waals surface area contributed by atoms with E-state index in [0.717, 1.165) is 11.8 Å². The van der Waals surface area contributed by atoms with Crippen molar-refractivity contribution in [1.29, 1.82) is 0 Å². The Morgan fingerprint density at radius 2 is 2.15 bits per heavy atom. The number of aryl methyl sites for hydroxylation is 1. The summed E-state index contributed by atoms with van der Waals surface area (Å²) in [4.78, 5) is 12.2. The van der Waals surface area contributed by atoms with E-state index in [9.17, 15) is 13.2 Å². The van der Waals surface area contributed by atoms with E-state index in [-0.39, 0.29) is 5.91 Å². The van der Waals surface area contributed by atoms with Crippen LogP contribution in [0.15, 0.2) is 18.2 Å². The van der Waals surface area contributed by atoms with Crippen molar-refractivity contribution in [3.63, 3.8) is 0 Å². The number of anilines is 1. The number of nitrogens with one attached hydrogen (secondary N) is 1. The summed E-state index contributed by atoms with van der Waals surface area (Å²) in [5.74, 6) is -0.312. The summed E-state index contributed by atoms with van der Waals surface area (Å²) in [6, 6.07) is 4.58. The molecule has 1 aromatic rings. The fourth-order valence-electron chi connectivity index (χ4n) is 2.30. The molecule has 1 aliphatic heterocycles. The molecule has 20 heavy (non-hydrogen) atoms. The van der Waals surface area contributed by atoms with Gasteiger partial charge in [0.15, 0.2) is 0 Å². The van der Waals surface area contributed by atoms with Crippen molar-refractivity contribution in [3.05, 3.63) is 28.8 Å². The van der Waals surface area contributed by atoms with Gasteiger partial charge in [-0.1, -0.05) is 17.7 Å². The first kappa shape index (κ1) is 15.3. The van der Waals surface area contributed by atoms with Crippen LogP contribution >= 0.6 is 11.6 Å². The smallest absolute Gasteiger partial charge is 0.242 e. The third-order valence-electron chi connectivity index (χ3n) is 3.37. The lowest BCUT2D eigenvalue weighted by Gasteiger charge is -2.21. The molecule has 1 aromatic carbocycles. The van der Waals surface area contributed by atoms with Crippen molar-refractivity contribution in [2.45, 2.75) is 25.8 Å². The molecule has 0 radical (unpaired) electrons. The standard InChI is InChI=1S/C13H17ClN2O3S/c1-9-5-6-10(8-11(9)14)15-13(17)12-4-3-7-16(12)20(2,18)19/h5-6,8,12H,3-4,7H2,1-2H3,(H,15,17). The molecule has 1 unspecified atom stereocenters. The highest BCUT2D eigenvalue weighted by atomic mass is 35.5. The van der Waals surface area contributed by atoms with Crippen LogP contribution in [-0.2, 0) is 14.8 Å². The quantitative estimate of drug-likeness (QED) is 0.927. The van der Waals surface area contributed by atoms with E-state index in [0.29, 0.717) is 30.1 Å². The van der Waals surface area contributed by atoms with Crippen LogP contribution < -0.4 is 5.32 Å². The van der Waals surface area contributed by atoms with Crippen molar-refractivity contribution in [3.8, 4) is 0 Å². The molecule has 2 rings (SSSR count). The topological polar surface area (TPSA) is 66.5 Å². The number of carbonyl (C=O) groups excluding carboxylic acids is 1. The zero-order chi connectivity index (χ0) is 14.9. The van der Waals surface area contributed by atoms with Gasteiger partial charge >= 0.3 is 0 Å². The summed E-state index contributed by atoms with van der Waals surface area (Å²) in [6.07, 6.45) is 2.36. The number of halogens is 1. The van der Waals surface area contributed by atoms with Crippen LogP contribution in [0.2, 0.25) is 5.02 Å². The lowest BCUT2D eigenvalue weighted by atomic mass is 10.2. The Balaban J connectivity index is 2.13. The van der Waals surface area contributed by atoms with Crippen LogP contribution in [0, 0.1) is 6.92 Å². The van der Waals surface area contributed by atoms with Gasteiger partial charge in [-0.05, 0) is 37.5 Å². The number of sulfonamides is 1. The fraction of sp³-hybridized carbons (Fsp3) is 0.462. The largest absolute Gasteiger partial charge is 0.325 e. The number of hydrogen-bond donors (Lipinski definition) is 1. The summed E-state index contributed by atoms with van der Waals surface area (Å²) < 4.78 is 24.5. The van der Waals surface area contributed by atoms with Crippen LogP contribution in [-0.4, -0.2) is 37.5 Å². The summed E-state index contributed by atoms with van der Waals surface area (Å²) in [5.41, 5.74) is 1.49. The van der Waals surface area contributed by atoms with Gasteiger partial charge in [0.25, 0.3) is 0 Å². The molecule has 1 fully saturated rings. The molecule has 1 amide bonds. The van der Waals surface area contributed by atoms with Gasteiger partial charge in [-0.15, -0.1) is 0 Å². The maximum Gasteiger partial charge on any atom is 0.242 e. The molecular weight excluding hydrogens is 300 g/mol. The molecule has 1 heterocycles. The van der Waals surface area contributed by atoms with Gasteiger partial charge in [0, 0.05) is 17.3 Å². The zero-order valence-corrected chi connectivity index (χ0v) is 13.0. The van der Waals surface area contributed by atoms with Crippen LogP contribution in [0.3, 0.4) is 0 Å². The Kier molecular flexibility index (Phi) is 4.36. The van der Waals surface area contributed by atoms with Crippen molar-refractivity contribution in [1.82, 2.24) is 4.31 Å². The average molecular weight is 317 g/mol. The van der Waals surface area contributed by atoms with Crippen molar-refractivity contribution in [2.75, 3.05) is 18.1 Å². The monoisotopic (exact) mass is 316 g/mol. The number of benzene rings is 1. The van der Waals surface area contributed by atoms with Gasteiger partial charge in [0.1, 0.15) is 6.04 Å². The minimum Gasteiger partial charge on any atom is -0.325 e. The van der Waals surface area contributed by atoms with Gasteiger partial charge in [-0.3, -0.25) is 4.79 Å². The molecule has 7 heteroatoms. The van der Waals surface area contributed by atoms with Crippen LogP contribution in [0.25, 0.3) is 0 Å². The van der Waals surface area contributed by atoms with Gasteiger partial charge in [0.05, 0.1) is 6.26 Å². The number of hydrogen-bond acceptors (Lipinski definition) is 3. The summed E-state index contributed by atoms with van der Waals surface area (Å²) in [6.45, 7) is 2.27. The third-order valence-corrected chi connectivity index (χ3v) is 5.07. The zero-order valence-electron chi connectivity index (χ0n) is 11.4. The Morgan fingerprint density at radius 3 is 2.75 bits per heavy atom. The van der Waals surface area contributed by atoms with E-state index >= 15 is 0 Å². The van der Waals surface area contributed by atoms with Gasteiger partial charge < -0.3 is 5.32 Å². The first-order valence-electron chi connectivity index (χ1n) is 6.33. The highest BCUT2D eigenvalue weighted by Crippen LogP contribution is 2.24. The Labute approximate surface area is 124 Å². The second-order valence-electron chi connectivity index (χ2n) is 4.98. The number of carbonyl (C=O) groups is 1. The Hall–Kier alpha value is -1.11. The molecule has 5 nitrogen and oxygen atoms in total. The highest BCUT2D eigenvalue weighted by molar-refractivity contribution is 7.88. The maximum atomic E-state index is 12.2. The second kappa shape index (κ2) is 5.71. The summed E-state index contributed by atoms with van der Waals surface area (Å²) >= 11 is 6.00. The molecule has 110 valence electrons. The molecule has 1 N–H and O–H groups in total. The molecule has 0 bridgehead atoms. The van der Waals surface area contributed by atoms with E-state index < -0.39 is 16.1 Å². The third kappa shape index (κ3) is 3.31. The van der Waals surface area contributed by atoms with Gasteiger partial charge in [-0.2, -0.15) is 4.31 Å². The second-order valence-corrected chi connectivity index (χ2v) is 7.33. The first-order chi connectivity index (χ1) is 9.29. The molecule has 0 spiro atoms. The number of nitrogens with zero attached hydrogens (tertiary/aromatic N) is 1. The van der Waals surface area contributed by atoms with E-state index in [1.807, 2.05) is 6.92 Å². The minimum atomic E-state index is -3.36. The van der Waals surface area contributed by atoms with E-state index in [2.05, 4.69) is 5.32 Å². The lowest BCUT2D eigenvalue weighted by Crippen LogP contribution is -2.42. The Morgan fingerprint density at radius 1 is 1.45 bits per heavy atom. The molecule has 1 aliphatic rings. The summed E-state index contributed by atoms with van der Waals surface area (Å²) in [7, 11) is -3.36. The number of rotatable bonds is 3. The van der Waals surface area contributed by atoms with Gasteiger partial charge in [0.2, 0.25) is 15.9 Å². The van der Waals surface area contributed by atoms with E-state index in [1.165, 1.54) is 4.31 Å². The summed E-state index contributed by atoms with van der Waals surface area (Å²) in [5, 5.41) is 3.29. The molecule has 1 saturated heterocycles. The van der Waals surface area contributed by atoms with Crippen molar-refractivity contribution in [2.24, 2.45) is 0 Å². The maximum absolute atomic E-state index is 12.2. The predicted molar refractivity (Wildman–Crippen MR) is 79.4 cm³/mol. The first-order valence-corrected chi connectivity index (χ1v) is 8.55. The normalized spacial score (nSPS) is 20.1. The highest BCUT2D eigenvalue weighted by Gasteiger charge is 2.36.